The molecule has 1 heterocycles. The Bertz CT molecular complexity index is 948. The lowest BCUT2D eigenvalue weighted by Gasteiger charge is -2.24. The van der Waals surface area contributed by atoms with Gasteiger partial charge in [-0.15, -0.1) is 0 Å². The highest BCUT2D eigenvalue weighted by atomic mass is 19.4. The molecule has 0 amide bonds. The summed E-state index contributed by atoms with van der Waals surface area (Å²) in [7, 11) is 0. The maximum absolute atomic E-state index is 13.1. The first-order chi connectivity index (χ1) is 12.3. The molecule has 0 saturated heterocycles. The zero-order valence-electron chi connectivity index (χ0n) is 13.7. The quantitative estimate of drug-likeness (QED) is 0.625. The molecule has 1 aliphatic carbocycles. The molecule has 1 aliphatic rings. The van der Waals surface area contributed by atoms with E-state index in [1.54, 1.807) is 0 Å². The van der Waals surface area contributed by atoms with Crippen molar-refractivity contribution in [1.29, 1.82) is 10.8 Å². The normalized spacial score (nSPS) is 15.0. The Labute approximate surface area is 147 Å². The number of benzene rings is 1. The minimum absolute atomic E-state index is 0.0543. The van der Waals surface area contributed by atoms with Crippen molar-refractivity contribution in [3.63, 3.8) is 0 Å². The number of pyridine rings is 1. The van der Waals surface area contributed by atoms with Crippen molar-refractivity contribution in [1.82, 2.24) is 4.98 Å². The number of hydrogen-bond acceptors (Lipinski definition) is 5. The first-order valence-electron chi connectivity index (χ1n) is 8.05. The summed E-state index contributed by atoms with van der Waals surface area (Å²) in [6.07, 6.45) is -0.313. The van der Waals surface area contributed by atoms with Gasteiger partial charge in [0.25, 0.3) is 0 Å². The van der Waals surface area contributed by atoms with E-state index in [0.29, 0.717) is 34.9 Å². The average molecular weight is 362 g/mol. The summed E-state index contributed by atoms with van der Waals surface area (Å²) >= 11 is 0. The molecule has 0 aliphatic heterocycles. The van der Waals surface area contributed by atoms with Crippen molar-refractivity contribution in [2.24, 2.45) is 5.73 Å². The smallest absolute Gasteiger partial charge is 0.433 e. The second-order valence-electron chi connectivity index (χ2n) is 6.11. The van der Waals surface area contributed by atoms with Gasteiger partial charge in [-0.3, -0.25) is 5.41 Å². The Morgan fingerprint density at radius 1 is 1.19 bits per heavy atom. The second-order valence-corrected chi connectivity index (χ2v) is 6.11. The van der Waals surface area contributed by atoms with Crippen molar-refractivity contribution in [2.45, 2.75) is 31.9 Å². The first kappa shape index (κ1) is 17.9. The van der Waals surface area contributed by atoms with Crippen LogP contribution in [0.25, 0.3) is 16.5 Å². The SMILES string of the molecule is N=Cc1c(O)ccc2nc(/C(=C/N)C(=N)C(F)(F)F)c3c(c12)CCCC3. The number of halogens is 3. The highest BCUT2D eigenvalue weighted by Gasteiger charge is 2.38. The molecular formula is C18H17F3N4O. The van der Waals surface area contributed by atoms with Crippen LogP contribution in [0, 0.1) is 10.8 Å². The van der Waals surface area contributed by atoms with Crippen molar-refractivity contribution >= 4 is 28.4 Å². The van der Waals surface area contributed by atoms with Crippen LogP contribution in [0.3, 0.4) is 0 Å². The number of alkyl halides is 3. The molecular weight excluding hydrogens is 345 g/mol. The summed E-state index contributed by atoms with van der Waals surface area (Å²) in [4.78, 5) is 4.34. The van der Waals surface area contributed by atoms with Crippen LogP contribution in [0.2, 0.25) is 0 Å². The first-order valence-corrected chi connectivity index (χ1v) is 8.05. The van der Waals surface area contributed by atoms with Gasteiger partial charge in [-0.1, -0.05) is 0 Å². The molecule has 0 saturated carbocycles. The number of aromatic nitrogens is 1. The zero-order valence-corrected chi connectivity index (χ0v) is 13.7. The zero-order chi connectivity index (χ0) is 19.1. The van der Waals surface area contributed by atoms with Gasteiger partial charge in [0.1, 0.15) is 11.5 Å². The van der Waals surface area contributed by atoms with E-state index in [1.165, 1.54) is 12.1 Å². The van der Waals surface area contributed by atoms with Crippen molar-refractivity contribution < 1.29 is 18.3 Å². The Kier molecular flexibility index (Phi) is 4.43. The average Bonchev–Trinajstić information content (AvgIpc) is 2.61. The monoisotopic (exact) mass is 362 g/mol. The fourth-order valence-corrected chi connectivity index (χ4v) is 3.44. The molecule has 1 aromatic heterocycles. The summed E-state index contributed by atoms with van der Waals surface area (Å²) in [5, 5.41) is 25.7. The van der Waals surface area contributed by atoms with Gasteiger partial charge in [-0.2, -0.15) is 13.2 Å². The number of hydrogen-bond donors (Lipinski definition) is 4. The molecule has 0 bridgehead atoms. The molecule has 0 atom stereocenters. The Balaban J connectivity index is 2.37. The predicted octanol–water partition coefficient (Wildman–Crippen LogP) is 3.70. The number of phenols is 1. The highest BCUT2D eigenvalue weighted by Crippen LogP contribution is 2.38. The van der Waals surface area contributed by atoms with Crippen LogP contribution in [0.1, 0.15) is 35.2 Å². The molecule has 136 valence electrons. The van der Waals surface area contributed by atoms with E-state index in [1.807, 2.05) is 0 Å². The van der Waals surface area contributed by atoms with Crippen LogP contribution < -0.4 is 5.73 Å². The molecule has 1 aromatic carbocycles. The molecule has 3 rings (SSSR count). The second kappa shape index (κ2) is 6.44. The van der Waals surface area contributed by atoms with E-state index in [4.69, 9.17) is 16.6 Å². The number of phenolic OH excluding ortho intramolecular Hbond substituents is 1. The van der Waals surface area contributed by atoms with Crippen molar-refractivity contribution in [3.05, 3.63) is 40.7 Å². The predicted molar refractivity (Wildman–Crippen MR) is 93.9 cm³/mol. The molecule has 26 heavy (non-hydrogen) atoms. The lowest BCUT2D eigenvalue weighted by Crippen LogP contribution is -2.25. The number of aryl methyl sites for hydroxylation is 1. The third-order valence-electron chi connectivity index (χ3n) is 4.61. The Hall–Kier alpha value is -2.90. The summed E-state index contributed by atoms with van der Waals surface area (Å²) in [6, 6.07) is 2.86. The van der Waals surface area contributed by atoms with Crippen molar-refractivity contribution in [2.75, 3.05) is 0 Å². The van der Waals surface area contributed by atoms with Crippen LogP contribution in [0.15, 0.2) is 18.3 Å². The van der Waals surface area contributed by atoms with Gasteiger partial charge in [-0.05, 0) is 48.9 Å². The van der Waals surface area contributed by atoms with Gasteiger partial charge >= 0.3 is 6.18 Å². The van der Waals surface area contributed by atoms with Gasteiger partial charge in [0.05, 0.1) is 11.2 Å². The molecule has 5 N–H and O–H groups in total. The molecule has 0 spiro atoms. The van der Waals surface area contributed by atoms with E-state index in [2.05, 4.69) is 4.98 Å². The highest BCUT2D eigenvalue weighted by molar-refractivity contribution is 6.25. The summed E-state index contributed by atoms with van der Waals surface area (Å²) in [5.74, 6) is -0.0764. The Morgan fingerprint density at radius 2 is 1.85 bits per heavy atom. The van der Waals surface area contributed by atoms with Gasteiger partial charge in [-0.25, -0.2) is 4.98 Å². The summed E-state index contributed by atoms with van der Waals surface area (Å²) in [5.41, 5.74) is 5.53. The Morgan fingerprint density at radius 3 is 2.42 bits per heavy atom. The van der Waals surface area contributed by atoms with E-state index < -0.39 is 17.5 Å². The number of allylic oxidation sites excluding steroid dienone is 1. The minimum Gasteiger partial charge on any atom is -0.507 e. The third kappa shape index (κ3) is 2.81. The fourth-order valence-electron chi connectivity index (χ4n) is 3.44. The lowest BCUT2D eigenvalue weighted by molar-refractivity contribution is -0.0578. The standard InChI is InChI=1S/C18H17F3N4O/c19-18(20,21)17(24)12(8-23)16-10-4-2-1-3-9(10)15-11(7-22)14(26)6-5-13(15)25-16/h5-8,22,24,26H,1-4,23H2/b12-8-,22-7?,24-17?. The number of aromatic hydroxyl groups is 1. The van der Waals surface area contributed by atoms with Gasteiger partial charge < -0.3 is 16.2 Å². The van der Waals surface area contributed by atoms with Crippen LogP contribution in [0.4, 0.5) is 13.2 Å². The fraction of sp³-hybridized carbons (Fsp3) is 0.278. The number of fused-ring (bicyclic) bond motifs is 3. The molecule has 0 unspecified atom stereocenters. The van der Waals surface area contributed by atoms with Crippen LogP contribution in [0.5, 0.6) is 5.75 Å². The topological polar surface area (TPSA) is 107 Å². The number of nitrogens with one attached hydrogen (secondary N) is 2. The largest absolute Gasteiger partial charge is 0.507 e. The van der Waals surface area contributed by atoms with Gasteiger partial charge in [0.2, 0.25) is 0 Å². The number of rotatable bonds is 3. The lowest BCUT2D eigenvalue weighted by atomic mass is 9.84. The molecule has 0 radical (unpaired) electrons. The maximum atomic E-state index is 13.1. The van der Waals surface area contributed by atoms with Crippen LogP contribution >= 0.6 is 0 Å². The molecule has 2 aromatic rings. The van der Waals surface area contributed by atoms with Crippen molar-refractivity contribution in [3.8, 4) is 5.75 Å². The van der Waals surface area contributed by atoms with Crippen LogP contribution in [-0.4, -0.2) is 28.2 Å². The maximum Gasteiger partial charge on any atom is 0.433 e. The third-order valence-corrected chi connectivity index (χ3v) is 4.61. The number of nitrogens with zero attached hydrogens (tertiary/aromatic N) is 1. The van der Waals surface area contributed by atoms with E-state index in [0.717, 1.165) is 30.8 Å². The van der Waals surface area contributed by atoms with Gasteiger partial charge in [0.15, 0.2) is 0 Å². The molecule has 8 heteroatoms. The van der Waals surface area contributed by atoms with Crippen LogP contribution in [-0.2, 0) is 12.8 Å². The van der Waals surface area contributed by atoms with Gasteiger partial charge in [0, 0.05) is 28.9 Å². The minimum atomic E-state index is -4.83. The molecule has 0 fully saturated rings. The van der Waals surface area contributed by atoms with E-state index in [-0.39, 0.29) is 11.4 Å². The van der Waals surface area contributed by atoms with E-state index >= 15 is 0 Å². The summed E-state index contributed by atoms with van der Waals surface area (Å²) in [6.45, 7) is 0. The van der Waals surface area contributed by atoms with E-state index in [9.17, 15) is 18.3 Å². The number of nitrogens with two attached hydrogens (primary N) is 1. The molecule has 5 nitrogen and oxygen atoms in total. The summed E-state index contributed by atoms with van der Waals surface area (Å²) < 4.78 is 39.2.